The Morgan fingerprint density at radius 3 is 2.36 bits per heavy atom. The van der Waals surface area contributed by atoms with Crippen LogP contribution in [0.5, 0.6) is 0 Å². The maximum Gasteiger partial charge on any atom is 0.330 e. The Hall–Kier alpha value is -3.26. The number of halogens is 1. The van der Waals surface area contributed by atoms with Crippen LogP contribution in [0.4, 0.5) is 0 Å². The summed E-state index contributed by atoms with van der Waals surface area (Å²) in [6, 6.07) is 0. The fourth-order valence-corrected chi connectivity index (χ4v) is 3.22. The molecule has 1 fully saturated rings. The zero-order valence-electron chi connectivity index (χ0n) is 17.1. The van der Waals surface area contributed by atoms with Crippen molar-refractivity contribution < 1.29 is 43.6 Å². The molecule has 0 aromatic carbocycles. The number of hydrogen-bond acceptors (Lipinski definition) is 9. The molecule has 2 rings (SSSR count). The Morgan fingerprint density at radius 2 is 1.76 bits per heavy atom. The molecule has 1 saturated heterocycles. The van der Waals surface area contributed by atoms with Crippen LogP contribution in [0, 0.1) is 0 Å². The minimum atomic E-state index is -1.19. The SMILES string of the molecule is O=C(O)CCC(=O)OC[C@@H]1O[C@H](n2cc(/C=C/Br)c(=O)[nH]c2=O)CC1OC(=O)CCC(=O)O. The van der Waals surface area contributed by atoms with Crippen molar-refractivity contribution >= 4 is 45.9 Å². The number of aromatic nitrogens is 2. The molecule has 0 amide bonds. The lowest BCUT2D eigenvalue weighted by molar-refractivity contribution is -0.160. The van der Waals surface area contributed by atoms with E-state index >= 15 is 0 Å². The first-order chi connectivity index (χ1) is 15.6. The van der Waals surface area contributed by atoms with Crippen LogP contribution in [-0.2, 0) is 33.4 Å². The molecule has 3 N–H and O–H groups in total. The molecule has 1 aliphatic rings. The quantitative estimate of drug-likeness (QED) is 0.333. The molecule has 13 nitrogen and oxygen atoms in total. The van der Waals surface area contributed by atoms with Gasteiger partial charge in [-0.15, -0.1) is 0 Å². The van der Waals surface area contributed by atoms with E-state index in [1.54, 1.807) is 0 Å². The van der Waals surface area contributed by atoms with Crippen molar-refractivity contribution in [3.8, 4) is 0 Å². The Bertz CT molecular complexity index is 1040. The van der Waals surface area contributed by atoms with E-state index in [1.807, 2.05) is 0 Å². The van der Waals surface area contributed by atoms with Gasteiger partial charge < -0.3 is 24.4 Å². The number of carbonyl (C=O) groups excluding carboxylic acids is 2. The van der Waals surface area contributed by atoms with Crippen LogP contribution >= 0.6 is 15.9 Å². The zero-order chi connectivity index (χ0) is 24.5. The normalized spacial score (nSPS) is 20.0. The van der Waals surface area contributed by atoms with Crippen molar-refractivity contribution in [1.82, 2.24) is 9.55 Å². The summed E-state index contributed by atoms with van der Waals surface area (Å²) in [4.78, 5) is 72.7. The van der Waals surface area contributed by atoms with Crippen molar-refractivity contribution in [2.45, 2.75) is 50.5 Å². The summed E-state index contributed by atoms with van der Waals surface area (Å²) in [6.07, 6.45) is -2.11. The predicted molar refractivity (Wildman–Crippen MR) is 112 cm³/mol. The predicted octanol–water partition coefficient (Wildman–Crippen LogP) is 0.374. The number of carboxylic acid groups (broad SMARTS) is 2. The molecule has 33 heavy (non-hydrogen) atoms. The van der Waals surface area contributed by atoms with Crippen LogP contribution in [0.2, 0.25) is 0 Å². The molecule has 0 bridgehead atoms. The average molecular weight is 533 g/mol. The van der Waals surface area contributed by atoms with Crippen LogP contribution in [0.1, 0.15) is 43.9 Å². The van der Waals surface area contributed by atoms with Gasteiger partial charge in [0, 0.05) is 12.6 Å². The van der Waals surface area contributed by atoms with E-state index in [0.29, 0.717) is 0 Å². The van der Waals surface area contributed by atoms with Gasteiger partial charge in [0.1, 0.15) is 25.0 Å². The molecule has 0 saturated carbocycles. The van der Waals surface area contributed by atoms with Gasteiger partial charge in [0.2, 0.25) is 0 Å². The molecular weight excluding hydrogens is 512 g/mol. The summed E-state index contributed by atoms with van der Waals surface area (Å²) < 4.78 is 17.1. The first-order valence-corrected chi connectivity index (χ1v) is 10.6. The van der Waals surface area contributed by atoms with E-state index in [0.717, 1.165) is 4.57 Å². The average Bonchev–Trinajstić information content (AvgIpc) is 3.13. The zero-order valence-corrected chi connectivity index (χ0v) is 18.7. The van der Waals surface area contributed by atoms with Crippen LogP contribution < -0.4 is 11.2 Å². The fourth-order valence-electron chi connectivity index (χ4n) is 2.94. The maximum atomic E-state index is 12.3. The highest BCUT2D eigenvalue weighted by Crippen LogP contribution is 2.30. The second-order valence-electron chi connectivity index (χ2n) is 6.91. The van der Waals surface area contributed by atoms with E-state index in [2.05, 4.69) is 20.9 Å². The summed E-state index contributed by atoms with van der Waals surface area (Å²) in [5.41, 5.74) is -1.29. The molecule has 0 spiro atoms. The molecule has 1 unspecified atom stereocenters. The lowest BCUT2D eigenvalue weighted by Gasteiger charge is -2.18. The van der Waals surface area contributed by atoms with Crippen molar-refractivity contribution in [1.29, 1.82) is 0 Å². The fraction of sp³-hybridized carbons (Fsp3) is 0.474. The van der Waals surface area contributed by atoms with Crippen molar-refractivity contribution in [3.63, 3.8) is 0 Å². The summed E-state index contributed by atoms with van der Waals surface area (Å²) in [6.45, 7) is -0.405. The third-order valence-corrected chi connectivity index (χ3v) is 4.77. The van der Waals surface area contributed by atoms with Gasteiger partial charge in [-0.2, -0.15) is 0 Å². The van der Waals surface area contributed by atoms with E-state index < -0.39 is 79.4 Å². The molecule has 1 aromatic rings. The van der Waals surface area contributed by atoms with Gasteiger partial charge in [-0.3, -0.25) is 33.5 Å². The maximum absolute atomic E-state index is 12.3. The number of carboxylic acids is 2. The van der Waals surface area contributed by atoms with Gasteiger partial charge in [-0.1, -0.05) is 15.9 Å². The number of hydrogen-bond donors (Lipinski definition) is 3. The second-order valence-corrected chi connectivity index (χ2v) is 7.44. The number of esters is 2. The molecule has 2 heterocycles. The molecule has 0 radical (unpaired) electrons. The number of ether oxygens (including phenoxy) is 3. The molecule has 180 valence electrons. The van der Waals surface area contributed by atoms with E-state index in [-0.39, 0.29) is 18.4 Å². The molecular formula is C19H21BrN2O11. The molecule has 3 atom stereocenters. The lowest BCUT2D eigenvalue weighted by atomic mass is 10.1. The Morgan fingerprint density at radius 1 is 1.12 bits per heavy atom. The summed E-state index contributed by atoms with van der Waals surface area (Å²) in [5.74, 6) is -4.01. The minimum Gasteiger partial charge on any atom is -0.481 e. The van der Waals surface area contributed by atoms with Gasteiger partial charge in [0.25, 0.3) is 5.56 Å². The highest BCUT2D eigenvalue weighted by molar-refractivity contribution is 9.11. The monoisotopic (exact) mass is 532 g/mol. The highest BCUT2D eigenvalue weighted by atomic mass is 79.9. The van der Waals surface area contributed by atoms with Crippen molar-refractivity contribution in [2.24, 2.45) is 0 Å². The van der Waals surface area contributed by atoms with Crippen LogP contribution in [0.15, 0.2) is 20.8 Å². The number of rotatable bonds is 11. The van der Waals surface area contributed by atoms with Gasteiger partial charge >= 0.3 is 29.6 Å². The Balaban J connectivity index is 2.18. The van der Waals surface area contributed by atoms with E-state index in [4.69, 9.17) is 24.4 Å². The van der Waals surface area contributed by atoms with Crippen molar-refractivity contribution in [2.75, 3.05) is 6.61 Å². The van der Waals surface area contributed by atoms with Gasteiger partial charge in [-0.05, 0) is 11.1 Å². The Kier molecular flexibility index (Phi) is 9.54. The molecule has 14 heteroatoms. The number of nitrogens with zero attached hydrogens (tertiary/aromatic N) is 1. The lowest BCUT2D eigenvalue weighted by Crippen LogP contribution is -2.33. The molecule has 1 aromatic heterocycles. The van der Waals surface area contributed by atoms with Crippen molar-refractivity contribution in [3.05, 3.63) is 37.6 Å². The second kappa shape index (κ2) is 12.1. The molecule has 0 aliphatic carbocycles. The van der Waals surface area contributed by atoms with Gasteiger partial charge in [0.05, 0.1) is 31.2 Å². The topological polar surface area (TPSA) is 191 Å². The van der Waals surface area contributed by atoms with Crippen LogP contribution in [0.3, 0.4) is 0 Å². The first kappa shape index (κ1) is 26.0. The number of aliphatic carboxylic acids is 2. The number of aromatic amines is 1. The molecule has 1 aliphatic heterocycles. The summed E-state index contributed by atoms with van der Waals surface area (Å²) in [5, 5.41) is 17.4. The van der Waals surface area contributed by atoms with Gasteiger partial charge in [0.15, 0.2) is 0 Å². The highest BCUT2D eigenvalue weighted by Gasteiger charge is 2.40. The van der Waals surface area contributed by atoms with E-state index in [1.165, 1.54) is 17.3 Å². The smallest absolute Gasteiger partial charge is 0.330 e. The third-order valence-electron chi connectivity index (χ3n) is 4.51. The number of carbonyl (C=O) groups is 4. The van der Waals surface area contributed by atoms with Gasteiger partial charge in [-0.25, -0.2) is 4.79 Å². The summed E-state index contributed by atoms with van der Waals surface area (Å²) in [7, 11) is 0. The number of nitrogens with one attached hydrogen (secondary N) is 1. The van der Waals surface area contributed by atoms with Crippen LogP contribution in [-0.4, -0.2) is 62.5 Å². The number of H-pyrrole nitrogens is 1. The summed E-state index contributed by atoms with van der Waals surface area (Å²) >= 11 is 3.04. The third kappa shape index (κ3) is 7.98. The largest absolute Gasteiger partial charge is 0.481 e. The minimum absolute atomic E-state index is 0.0560. The first-order valence-electron chi connectivity index (χ1n) is 9.67. The Labute approximate surface area is 194 Å². The van der Waals surface area contributed by atoms with E-state index in [9.17, 15) is 28.8 Å². The standard InChI is InChI=1S/C19H21BrN2O11/c20-6-5-10-8-22(19(30)21-18(10)29)13-7-11(33-17(28)4-2-15(25)26)12(32-13)9-31-16(27)3-1-14(23)24/h5-6,8,11-13H,1-4,7,9H2,(H,23,24)(H,25,26)(H,21,29,30)/b6-5+/t11?,12-,13-/m0/s1. The van der Waals surface area contributed by atoms with Crippen LogP contribution in [0.25, 0.3) is 6.08 Å².